The lowest BCUT2D eigenvalue weighted by atomic mass is 10.2. The van der Waals surface area contributed by atoms with E-state index in [2.05, 4.69) is 23.7 Å². The summed E-state index contributed by atoms with van der Waals surface area (Å²) in [5.74, 6) is 0. The average Bonchev–Trinajstić information content (AvgIpc) is 2.63. The van der Waals surface area contributed by atoms with Crippen LogP contribution in [0.4, 0.5) is 5.00 Å². The number of hydrogen-bond donors (Lipinski definition) is 1. The third-order valence-corrected chi connectivity index (χ3v) is 3.41. The van der Waals surface area contributed by atoms with E-state index in [4.69, 9.17) is 0 Å². The van der Waals surface area contributed by atoms with Gasteiger partial charge in [-0.05, 0) is 36.8 Å². The van der Waals surface area contributed by atoms with Crippen LogP contribution in [0.25, 0.3) is 0 Å². The molecule has 1 aliphatic rings. The van der Waals surface area contributed by atoms with Gasteiger partial charge in [0.2, 0.25) is 0 Å². The summed E-state index contributed by atoms with van der Waals surface area (Å²) in [6.45, 7) is 2.15. The number of rotatable bonds is 2. The highest BCUT2D eigenvalue weighted by Crippen LogP contribution is 2.26. The fourth-order valence-electron chi connectivity index (χ4n) is 1.78. The van der Waals surface area contributed by atoms with Gasteiger partial charge in [-0.25, -0.2) is 0 Å². The molecule has 0 saturated heterocycles. The Labute approximate surface area is 77.8 Å². The minimum atomic E-state index is 0.753. The third-order valence-electron chi connectivity index (χ3n) is 2.43. The second-order valence-corrected chi connectivity index (χ2v) is 4.53. The molecule has 0 bridgehead atoms. The van der Waals surface area contributed by atoms with Crippen LogP contribution in [0.5, 0.6) is 0 Å². The van der Waals surface area contributed by atoms with Crippen molar-refractivity contribution in [3.05, 3.63) is 17.0 Å². The van der Waals surface area contributed by atoms with Gasteiger partial charge in [0.15, 0.2) is 0 Å². The molecule has 66 valence electrons. The molecule has 0 unspecified atom stereocenters. The normalized spacial score (nSPS) is 18.4. The second-order valence-electron chi connectivity index (χ2n) is 3.61. The van der Waals surface area contributed by atoms with E-state index < -0.39 is 0 Å². The maximum Gasteiger partial charge on any atom is 0.0887 e. The van der Waals surface area contributed by atoms with Gasteiger partial charge < -0.3 is 5.32 Å². The summed E-state index contributed by atoms with van der Waals surface area (Å²) in [5, 5.41) is 7.13. The summed E-state index contributed by atoms with van der Waals surface area (Å²) in [6, 6.07) is 2.99. The predicted molar refractivity (Wildman–Crippen MR) is 54.9 cm³/mol. The first-order valence-corrected chi connectivity index (χ1v) is 5.54. The maximum atomic E-state index is 3.58. The van der Waals surface area contributed by atoms with Crippen molar-refractivity contribution in [3.8, 4) is 0 Å². The molecule has 12 heavy (non-hydrogen) atoms. The van der Waals surface area contributed by atoms with E-state index in [1.165, 1.54) is 36.2 Å². The first kappa shape index (κ1) is 8.11. The molecule has 0 spiro atoms. The van der Waals surface area contributed by atoms with Gasteiger partial charge in [-0.1, -0.05) is 12.8 Å². The van der Waals surface area contributed by atoms with E-state index in [1.807, 2.05) is 11.3 Å². The molecule has 1 nitrogen and oxygen atoms in total. The van der Waals surface area contributed by atoms with E-state index in [-0.39, 0.29) is 0 Å². The molecule has 0 radical (unpaired) electrons. The Morgan fingerprint density at radius 3 is 2.75 bits per heavy atom. The van der Waals surface area contributed by atoms with Crippen molar-refractivity contribution >= 4 is 16.3 Å². The third kappa shape index (κ3) is 1.81. The summed E-state index contributed by atoms with van der Waals surface area (Å²) >= 11 is 1.83. The molecule has 2 heteroatoms. The zero-order chi connectivity index (χ0) is 8.39. The topological polar surface area (TPSA) is 12.0 Å². The van der Waals surface area contributed by atoms with Gasteiger partial charge >= 0.3 is 0 Å². The summed E-state index contributed by atoms with van der Waals surface area (Å²) in [7, 11) is 0. The smallest absolute Gasteiger partial charge is 0.0887 e. The van der Waals surface area contributed by atoms with Crippen molar-refractivity contribution in [2.24, 2.45) is 0 Å². The molecule has 2 rings (SSSR count). The van der Waals surface area contributed by atoms with Crippen molar-refractivity contribution < 1.29 is 0 Å². The van der Waals surface area contributed by atoms with Crippen LogP contribution in [0.1, 0.15) is 31.2 Å². The fraction of sp³-hybridized carbons (Fsp3) is 0.600. The van der Waals surface area contributed by atoms with Crippen LogP contribution in [-0.4, -0.2) is 6.04 Å². The molecule has 1 aromatic heterocycles. The number of hydrogen-bond acceptors (Lipinski definition) is 2. The van der Waals surface area contributed by atoms with E-state index in [0.717, 1.165) is 6.04 Å². The molecule has 1 heterocycles. The monoisotopic (exact) mass is 181 g/mol. The van der Waals surface area contributed by atoms with E-state index in [1.54, 1.807) is 0 Å². The van der Waals surface area contributed by atoms with Crippen molar-refractivity contribution in [2.45, 2.75) is 38.6 Å². The molecule has 1 aromatic rings. The molecule has 0 aromatic carbocycles. The van der Waals surface area contributed by atoms with Crippen molar-refractivity contribution in [1.29, 1.82) is 0 Å². The van der Waals surface area contributed by atoms with Crippen molar-refractivity contribution in [3.63, 3.8) is 0 Å². The summed E-state index contributed by atoms with van der Waals surface area (Å²) in [5.41, 5.74) is 1.38. The van der Waals surface area contributed by atoms with Gasteiger partial charge in [0.1, 0.15) is 0 Å². The minimum absolute atomic E-state index is 0.753. The van der Waals surface area contributed by atoms with Crippen molar-refractivity contribution in [2.75, 3.05) is 5.32 Å². The highest BCUT2D eigenvalue weighted by molar-refractivity contribution is 7.14. The first-order chi connectivity index (χ1) is 5.84. The van der Waals surface area contributed by atoms with Crippen LogP contribution in [0.3, 0.4) is 0 Å². The van der Waals surface area contributed by atoms with Gasteiger partial charge in [0, 0.05) is 6.04 Å². The molecule has 0 amide bonds. The number of thiophene rings is 1. The summed E-state index contributed by atoms with van der Waals surface area (Å²) < 4.78 is 0. The quantitative estimate of drug-likeness (QED) is 0.737. The fourth-order valence-corrected chi connectivity index (χ4v) is 2.65. The van der Waals surface area contributed by atoms with E-state index >= 15 is 0 Å². The molecular weight excluding hydrogens is 166 g/mol. The second kappa shape index (κ2) is 3.48. The van der Waals surface area contributed by atoms with Crippen LogP contribution >= 0.6 is 11.3 Å². The summed E-state index contributed by atoms with van der Waals surface area (Å²) in [4.78, 5) is 0. The van der Waals surface area contributed by atoms with E-state index in [0.29, 0.717) is 0 Å². The molecule has 0 atom stereocenters. The van der Waals surface area contributed by atoms with Crippen LogP contribution in [0.2, 0.25) is 0 Å². The van der Waals surface area contributed by atoms with Crippen LogP contribution in [0.15, 0.2) is 11.4 Å². The van der Waals surface area contributed by atoms with Gasteiger partial charge in [-0.2, -0.15) is 0 Å². The highest BCUT2D eigenvalue weighted by atomic mass is 32.1. The lowest BCUT2D eigenvalue weighted by molar-refractivity contribution is 0.758. The summed E-state index contributed by atoms with van der Waals surface area (Å²) in [6.07, 6.45) is 5.53. The van der Waals surface area contributed by atoms with E-state index in [9.17, 15) is 0 Å². The predicted octanol–water partition coefficient (Wildman–Crippen LogP) is 3.41. The van der Waals surface area contributed by atoms with Gasteiger partial charge in [0.25, 0.3) is 0 Å². The van der Waals surface area contributed by atoms with Gasteiger partial charge in [0.05, 0.1) is 5.00 Å². The molecule has 0 aliphatic heterocycles. The first-order valence-electron chi connectivity index (χ1n) is 4.66. The number of aryl methyl sites for hydroxylation is 1. The van der Waals surface area contributed by atoms with Crippen LogP contribution in [-0.2, 0) is 0 Å². The molecule has 1 aliphatic carbocycles. The number of anilines is 1. The zero-order valence-electron chi connectivity index (χ0n) is 7.47. The largest absolute Gasteiger partial charge is 0.374 e. The maximum absolute atomic E-state index is 3.58. The Hall–Kier alpha value is -0.500. The average molecular weight is 181 g/mol. The van der Waals surface area contributed by atoms with Crippen LogP contribution < -0.4 is 5.32 Å². The van der Waals surface area contributed by atoms with Crippen molar-refractivity contribution in [1.82, 2.24) is 0 Å². The molecule has 1 saturated carbocycles. The molecule has 1 fully saturated rings. The Kier molecular flexibility index (Phi) is 2.35. The Morgan fingerprint density at radius 1 is 1.42 bits per heavy atom. The highest BCUT2D eigenvalue weighted by Gasteiger charge is 2.14. The van der Waals surface area contributed by atoms with Gasteiger partial charge in [-0.15, -0.1) is 11.3 Å². The lowest BCUT2D eigenvalue weighted by Gasteiger charge is -2.10. The Balaban J connectivity index is 1.94. The SMILES string of the molecule is Cc1csc(NC2CCCC2)c1. The van der Waals surface area contributed by atoms with Crippen LogP contribution in [0, 0.1) is 6.92 Å². The molecule has 1 N–H and O–H groups in total. The molecular formula is C10H15NS. The van der Waals surface area contributed by atoms with Gasteiger partial charge in [-0.3, -0.25) is 0 Å². The Bertz CT molecular complexity index is 248. The minimum Gasteiger partial charge on any atom is -0.374 e. The Morgan fingerprint density at radius 2 is 2.17 bits per heavy atom. The lowest BCUT2D eigenvalue weighted by Crippen LogP contribution is -2.13. The zero-order valence-corrected chi connectivity index (χ0v) is 8.29. The number of nitrogens with one attached hydrogen (secondary N) is 1. The standard InChI is InChI=1S/C10H15NS/c1-8-6-10(12-7-8)11-9-4-2-3-5-9/h6-7,9,11H,2-5H2,1H3.